The van der Waals surface area contributed by atoms with Gasteiger partial charge in [-0.3, -0.25) is 4.90 Å². The zero-order chi connectivity index (χ0) is 18.8. The number of thiocarbonyl (C=S) groups is 1. The molecule has 0 saturated carbocycles. The van der Waals surface area contributed by atoms with Crippen LogP contribution in [-0.4, -0.2) is 18.2 Å². The lowest BCUT2D eigenvalue weighted by Gasteiger charge is -2.37. The number of anilines is 1. The second kappa shape index (κ2) is 7.25. The minimum absolute atomic E-state index is 0.377. The lowest BCUT2D eigenvalue weighted by Crippen LogP contribution is -2.48. The summed E-state index contributed by atoms with van der Waals surface area (Å²) in [5, 5.41) is 3.60. The SMILES string of the molecule is COC(=O)C1=C(C)N(c2cccc(C)c2)C(=S)N[C@H]1c1cccc(F)c1. The molecule has 2 aromatic rings. The normalized spacial score (nSPS) is 17.2. The molecule has 6 heteroatoms. The lowest BCUT2D eigenvalue weighted by atomic mass is 9.94. The van der Waals surface area contributed by atoms with Crippen molar-refractivity contribution >= 4 is 29.0 Å². The summed E-state index contributed by atoms with van der Waals surface area (Å²) >= 11 is 5.55. The summed E-state index contributed by atoms with van der Waals surface area (Å²) in [6.45, 7) is 3.80. The molecule has 4 nitrogen and oxygen atoms in total. The number of nitrogens with zero attached hydrogens (tertiary/aromatic N) is 1. The molecule has 0 amide bonds. The molecule has 0 bridgehead atoms. The van der Waals surface area contributed by atoms with E-state index in [1.165, 1.54) is 19.2 Å². The zero-order valence-electron chi connectivity index (χ0n) is 14.7. The summed E-state index contributed by atoms with van der Waals surface area (Å²) in [4.78, 5) is 14.3. The summed E-state index contributed by atoms with van der Waals surface area (Å²) in [6.07, 6.45) is 0. The first-order valence-electron chi connectivity index (χ1n) is 8.14. The highest BCUT2D eigenvalue weighted by Gasteiger charge is 2.35. The van der Waals surface area contributed by atoms with Gasteiger partial charge in [-0.15, -0.1) is 0 Å². The van der Waals surface area contributed by atoms with Crippen molar-refractivity contribution in [3.8, 4) is 0 Å². The predicted octanol–water partition coefficient (Wildman–Crippen LogP) is 4.02. The molecule has 3 rings (SSSR count). The number of carbonyl (C=O) groups is 1. The van der Waals surface area contributed by atoms with E-state index in [-0.39, 0.29) is 5.82 Å². The van der Waals surface area contributed by atoms with Gasteiger partial charge in [-0.1, -0.05) is 24.3 Å². The van der Waals surface area contributed by atoms with E-state index in [0.29, 0.717) is 21.9 Å². The molecule has 2 aromatic carbocycles. The van der Waals surface area contributed by atoms with E-state index in [4.69, 9.17) is 17.0 Å². The van der Waals surface area contributed by atoms with Gasteiger partial charge in [0.2, 0.25) is 0 Å². The molecule has 0 aromatic heterocycles. The van der Waals surface area contributed by atoms with Crippen molar-refractivity contribution in [3.63, 3.8) is 0 Å². The van der Waals surface area contributed by atoms with Crippen LogP contribution in [0.4, 0.5) is 10.1 Å². The molecule has 134 valence electrons. The van der Waals surface area contributed by atoms with Crippen LogP contribution in [0.25, 0.3) is 0 Å². The molecule has 0 aliphatic carbocycles. The van der Waals surface area contributed by atoms with E-state index in [9.17, 15) is 9.18 Å². The van der Waals surface area contributed by atoms with Crippen LogP contribution >= 0.6 is 12.2 Å². The number of aryl methyl sites for hydroxylation is 1. The van der Waals surface area contributed by atoms with Crippen molar-refractivity contribution < 1.29 is 13.9 Å². The number of benzene rings is 2. The number of nitrogens with one attached hydrogen (secondary N) is 1. The second-order valence-electron chi connectivity index (χ2n) is 6.10. The molecule has 0 unspecified atom stereocenters. The fourth-order valence-electron chi connectivity index (χ4n) is 3.13. The maximum atomic E-state index is 13.7. The Balaban J connectivity index is 2.15. The third-order valence-corrected chi connectivity index (χ3v) is 4.63. The first kappa shape index (κ1) is 18.1. The summed E-state index contributed by atoms with van der Waals surface area (Å²) in [7, 11) is 1.33. The largest absolute Gasteiger partial charge is 0.466 e. The highest BCUT2D eigenvalue weighted by atomic mass is 32.1. The summed E-state index contributed by atoms with van der Waals surface area (Å²) in [5.41, 5.74) is 3.58. The average Bonchev–Trinajstić information content (AvgIpc) is 2.61. The second-order valence-corrected chi connectivity index (χ2v) is 6.49. The van der Waals surface area contributed by atoms with Crippen LogP contribution in [-0.2, 0) is 9.53 Å². The molecule has 26 heavy (non-hydrogen) atoms. The molecule has 0 spiro atoms. The molecule has 1 aliphatic heterocycles. The van der Waals surface area contributed by atoms with E-state index < -0.39 is 12.0 Å². The minimum atomic E-state index is -0.577. The Morgan fingerprint density at radius 2 is 1.92 bits per heavy atom. The molecule has 1 N–H and O–H groups in total. The molecular weight excluding hydrogens is 351 g/mol. The Labute approximate surface area is 157 Å². The van der Waals surface area contributed by atoms with E-state index in [0.717, 1.165) is 11.3 Å². The van der Waals surface area contributed by atoms with Crippen molar-refractivity contribution in [1.29, 1.82) is 0 Å². The molecule has 1 aliphatic rings. The average molecular weight is 370 g/mol. The fraction of sp³-hybridized carbons (Fsp3) is 0.200. The van der Waals surface area contributed by atoms with Gasteiger partial charge in [0.25, 0.3) is 0 Å². The maximum absolute atomic E-state index is 13.7. The van der Waals surface area contributed by atoms with Crippen LogP contribution in [0.15, 0.2) is 59.8 Å². The van der Waals surface area contributed by atoms with Gasteiger partial charge in [0.1, 0.15) is 5.82 Å². The van der Waals surface area contributed by atoms with Gasteiger partial charge < -0.3 is 10.1 Å². The first-order valence-corrected chi connectivity index (χ1v) is 8.55. The number of hydrogen-bond acceptors (Lipinski definition) is 3. The highest BCUT2D eigenvalue weighted by molar-refractivity contribution is 7.80. The number of allylic oxidation sites excluding steroid dienone is 1. The number of esters is 1. The van der Waals surface area contributed by atoms with Gasteiger partial charge in [0, 0.05) is 11.4 Å². The molecule has 1 heterocycles. The summed E-state index contributed by atoms with van der Waals surface area (Å²) in [6, 6.07) is 13.3. The van der Waals surface area contributed by atoms with Crippen LogP contribution in [0.5, 0.6) is 0 Å². The van der Waals surface area contributed by atoms with Gasteiger partial charge >= 0.3 is 5.97 Å². The molecule has 0 radical (unpaired) electrons. The Morgan fingerprint density at radius 3 is 2.58 bits per heavy atom. The molecular formula is C20H19FN2O2S. The van der Waals surface area contributed by atoms with Gasteiger partial charge in [-0.25, -0.2) is 9.18 Å². The summed E-state index contributed by atoms with van der Waals surface area (Å²) in [5.74, 6) is -0.859. The number of carbonyl (C=O) groups excluding carboxylic acids is 1. The van der Waals surface area contributed by atoms with Crippen LogP contribution in [0, 0.1) is 12.7 Å². The summed E-state index contributed by atoms with van der Waals surface area (Å²) < 4.78 is 18.7. The van der Waals surface area contributed by atoms with Gasteiger partial charge in [-0.05, 0) is 61.5 Å². The Bertz CT molecular complexity index is 910. The van der Waals surface area contributed by atoms with Crippen LogP contribution in [0.1, 0.15) is 24.1 Å². The molecule has 0 saturated heterocycles. The maximum Gasteiger partial charge on any atom is 0.337 e. The molecule has 0 fully saturated rings. The van der Waals surface area contributed by atoms with Crippen LogP contribution < -0.4 is 10.2 Å². The monoisotopic (exact) mass is 370 g/mol. The van der Waals surface area contributed by atoms with Gasteiger partial charge in [-0.2, -0.15) is 0 Å². The van der Waals surface area contributed by atoms with Crippen molar-refractivity contribution in [3.05, 3.63) is 76.7 Å². The first-order chi connectivity index (χ1) is 12.4. The minimum Gasteiger partial charge on any atom is -0.466 e. The number of ether oxygens (including phenoxy) is 1. The quantitative estimate of drug-likeness (QED) is 0.653. The highest BCUT2D eigenvalue weighted by Crippen LogP contribution is 2.34. The smallest absolute Gasteiger partial charge is 0.337 e. The van der Waals surface area contributed by atoms with Crippen molar-refractivity contribution in [2.24, 2.45) is 0 Å². The van der Waals surface area contributed by atoms with Gasteiger partial charge in [0.05, 0.1) is 18.7 Å². The number of hydrogen-bond donors (Lipinski definition) is 1. The van der Waals surface area contributed by atoms with Crippen LogP contribution in [0.3, 0.4) is 0 Å². The van der Waals surface area contributed by atoms with Crippen LogP contribution in [0.2, 0.25) is 0 Å². The van der Waals surface area contributed by atoms with E-state index >= 15 is 0 Å². The van der Waals surface area contributed by atoms with E-state index in [1.54, 1.807) is 17.0 Å². The predicted molar refractivity (Wildman–Crippen MR) is 103 cm³/mol. The Hall–Kier alpha value is -2.73. The Kier molecular flexibility index (Phi) is 5.04. The third kappa shape index (κ3) is 3.32. The van der Waals surface area contributed by atoms with E-state index in [2.05, 4.69) is 5.32 Å². The number of methoxy groups -OCH3 is 1. The molecule has 1 atom stereocenters. The standard InChI is InChI=1S/C20H19FN2O2S/c1-12-6-4-9-16(10-12)23-13(2)17(19(24)25-3)18(22-20(23)26)14-7-5-8-15(21)11-14/h4-11,18H,1-3H3,(H,22,26)/t18-/m0/s1. The number of halogens is 1. The third-order valence-electron chi connectivity index (χ3n) is 4.33. The zero-order valence-corrected chi connectivity index (χ0v) is 15.6. The van der Waals surface area contributed by atoms with Gasteiger partial charge in [0.15, 0.2) is 5.11 Å². The van der Waals surface area contributed by atoms with Crippen molar-refractivity contribution in [1.82, 2.24) is 5.32 Å². The van der Waals surface area contributed by atoms with Crippen molar-refractivity contribution in [2.75, 3.05) is 12.0 Å². The number of rotatable bonds is 3. The fourth-order valence-corrected chi connectivity index (χ4v) is 3.49. The van der Waals surface area contributed by atoms with E-state index in [1.807, 2.05) is 38.1 Å². The lowest BCUT2D eigenvalue weighted by molar-refractivity contribution is -0.136. The Morgan fingerprint density at radius 1 is 1.19 bits per heavy atom. The topological polar surface area (TPSA) is 41.6 Å². The van der Waals surface area contributed by atoms with Crippen molar-refractivity contribution in [2.45, 2.75) is 19.9 Å².